The second-order valence-corrected chi connectivity index (χ2v) is 9.55. The molecule has 34 heavy (non-hydrogen) atoms. The number of fused-ring (bicyclic) bond motifs is 1. The molecule has 0 bridgehead atoms. The molecule has 4 aromatic rings. The summed E-state index contributed by atoms with van der Waals surface area (Å²) < 4.78 is 22.1. The molecule has 0 aliphatic heterocycles. The number of halogens is 3. The molecule has 0 saturated carbocycles. The fourth-order valence-corrected chi connectivity index (χ4v) is 4.73. The zero-order valence-corrected chi connectivity index (χ0v) is 21.4. The molecule has 0 atom stereocenters. The van der Waals surface area contributed by atoms with Gasteiger partial charge in [0.05, 0.1) is 27.3 Å². The van der Waals surface area contributed by atoms with Crippen molar-refractivity contribution in [2.24, 2.45) is 0 Å². The Balaban J connectivity index is 2.15. The molecule has 0 saturated heterocycles. The maximum absolute atomic E-state index is 13.8. The van der Waals surface area contributed by atoms with Crippen LogP contribution in [0.15, 0.2) is 60.7 Å². The van der Waals surface area contributed by atoms with E-state index in [1.807, 2.05) is 18.4 Å². The highest BCUT2D eigenvalue weighted by molar-refractivity contribution is 14.1. The summed E-state index contributed by atoms with van der Waals surface area (Å²) >= 11 is 8.81. The Bertz CT molecular complexity index is 1360. The van der Waals surface area contributed by atoms with Crippen LogP contribution >= 0.6 is 34.2 Å². The number of phenols is 1. The number of benzene rings is 3. The van der Waals surface area contributed by atoms with Gasteiger partial charge in [0.1, 0.15) is 11.6 Å². The fourth-order valence-electron chi connectivity index (χ4n) is 4.25. The van der Waals surface area contributed by atoms with Crippen LogP contribution in [0.1, 0.15) is 29.9 Å². The molecule has 1 heterocycles. The van der Waals surface area contributed by atoms with Gasteiger partial charge in [-0.25, -0.2) is 9.18 Å². The molecule has 8 heteroatoms. The number of carboxylic acids is 1. The molecule has 4 rings (SSSR count). The third-order valence-corrected chi connectivity index (χ3v) is 6.56. The summed E-state index contributed by atoms with van der Waals surface area (Å²) in [7, 11) is 0. The lowest BCUT2D eigenvalue weighted by atomic mass is 9.84. The van der Waals surface area contributed by atoms with E-state index in [0.29, 0.717) is 16.6 Å². The van der Waals surface area contributed by atoms with Crippen LogP contribution < -0.4 is 0 Å². The number of hydrogen-bond acceptors (Lipinski definition) is 3. The van der Waals surface area contributed by atoms with E-state index in [1.54, 1.807) is 30.3 Å². The number of carbonyl (C=O) groups is 1. The van der Waals surface area contributed by atoms with Crippen molar-refractivity contribution >= 4 is 51.1 Å². The first kappa shape index (κ1) is 24.5. The van der Waals surface area contributed by atoms with E-state index in [2.05, 4.69) is 22.6 Å². The highest BCUT2D eigenvalue weighted by Gasteiger charge is 2.33. The number of aromatic hydroxyl groups is 1. The van der Waals surface area contributed by atoms with Gasteiger partial charge in [-0.05, 0) is 54.1 Å². The average Bonchev–Trinajstić information content (AvgIpc) is 3.17. The summed E-state index contributed by atoms with van der Waals surface area (Å²) in [4.78, 5) is 11.4. The maximum Gasteiger partial charge on any atom is 0.335 e. The van der Waals surface area contributed by atoms with Crippen molar-refractivity contribution < 1.29 is 24.1 Å². The lowest BCUT2D eigenvalue weighted by Crippen LogP contribution is -2.28. The van der Waals surface area contributed by atoms with Gasteiger partial charge < -0.3 is 19.5 Å². The average molecular weight is 594 g/mol. The number of alkyl halides is 1. The lowest BCUT2D eigenvalue weighted by molar-refractivity contribution is 0.0697. The number of hydrogen-bond donors (Lipinski definition) is 2. The number of phenolic OH excluding ortho intramolecular Hbond substituents is 1. The van der Waals surface area contributed by atoms with Crippen LogP contribution in [0.3, 0.4) is 0 Å². The van der Waals surface area contributed by atoms with E-state index in [1.165, 1.54) is 30.3 Å². The van der Waals surface area contributed by atoms with Crippen molar-refractivity contribution in [3.05, 3.63) is 82.8 Å². The van der Waals surface area contributed by atoms with E-state index < -0.39 is 11.4 Å². The van der Waals surface area contributed by atoms with Crippen LogP contribution in [0.4, 0.5) is 4.39 Å². The second-order valence-electron chi connectivity index (χ2n) is 8.55. The minimum atomic E-state index is -1.02. The molecular formula is C26H22ClFINO4. The normalized spacial score (nSPS) is 11.8. The van der Waals surface area contributed by atoms with Gasteiger partial charge in [0.25, 0.3) is 0 Å². The van der Waals surface area contributed by atoms with Crippen LogP contribution in [-0.4, -0.2) is 32.0 Å². The van der Waals surface area contributed by atoms with Crippen molar-refractivity contribution in [1.82, 2.24) is 4.57 Å². The molecule has 2 N–H and O–H groups in total. The molecular weight excluding hydrogens is 572 g/mol. The summed E-state index contributed by atoms with van der Waals surface area (Å²) in [5, 5.41) is 20.6. The first-order chi connectivity index (χ1) is 16.2. The zero-order chi connectivity index (χ0) is 24.6. The van der Waals surface area contributed by atoms with Crippen LogP contribution in [0.2, 0.25) is 5.02 Å². The van der Waals surface area contributed by atoms with Gasteiger partial charge in [0.15, 0.2) is 0 Å². The Hall–Kier alpha value is -2.62. The highest BCUT2D eigenvalue weighted by atomic mass is 127. The Morgan fingerprint density at radius 2 is 1.74 bits per heavy atom. The predicted molar refractivity (Wildman–Crippen MR) is 140 cm³/mol. The molecule has 0 unspecified atom stereocenters. The third kappa shape index (κ3) is 4.39. The summed E-state index contributed by atoms with van der Waals surface area (Å²) in [5.74, 6) is -1.44. The molecule has 0 aliphatic rings. The molecule has 176 valence electrons. The van der Waals surface area contributed by atoms with Crippen molar-refractivity contribution in [3.63, 3.8) is 0 Å². The Kier molecular flexibility index (Phi) is 6.89. The van der Waals surface area contributed by atoms with Gasteiger partial charge in [0.2, 0.25) is 0 Å². The van der Waals surface area contributed by atoms with Crippen LogP contribution in [-0.2, 0) is 10.2 Å². The number of aromatic carboxylic acids is 1. The van der Waals surface area contributed by atoms with E-state index in [0.717, 1.165) is 28.0 Å². The van der Waals surface area contributed by atoms with E-state index in [-0.39, 0.29) is 22.2 Å². The second kappa shape index (κ2) is 9.56. The maximum atomic E-state index is 13.8. The smallest absolute Gasteiger partial charge is 0.335 e. The Labute approximate surface area is 214 Å². The quantitative estimate of drug-likeness (QED) is 0.176. The highest BCUT2D eigenvalue weighted by Crippen LogP contribution is 2.47. The standard InChI is InChI=1S/C26H22ClFINO4/c1-26(2,13-34-14-29)24-21(15-3-5-16(6-4-15)25(32)33)22-19(11-12-20(31)23(22)27)30(24)18-9-7-17(28)8-10-18/h3-12,31H,13-14H2,1-2H3,(H,32,33). The summed E-state index contributed by atoms with van der Waals surface area (Å²) in [6.07, 6.45) is 0. The topological polar surface area (TPSA) is 71.7 Å². The van der Waals surface area contributed by atoms with Crippen LogP contribution in [0.5, 0.6) is 5.75 Å². The molecule has 0 fully saturated rings. The van der Waals surface area contributed by atoms with Gasteiger partial charge in [-0.3, -0.25) is 0 Å². The van der Waals surface area contributed by atoms with Gasteiger partial charge >= 0.3 is 5.97 Å². The molecule has 0 radical (unpaired) electrons. The number of aromatic nitrogens is 1. The minimum absolute atomic E-state index is 0.0679. The van der Waals surface area contributed by atoms with E-state index in [4.69, 9.17) is 16.3 Å². The monoisotopic (exact) mass is 593 g/mol. The predicted octanol–water partition coefficient (Wildman–Crippen LogP) is 7.18. The zero-order valence-electron chi connectivity index (χ0n) is 18.5. The Morgan fingerprint density at radius 3 is 2.32 bits per heavy atom. The molecule has 0 spiro atoms. The first-order valence-corrected chi connectivity index (χ1v) is 12.4. The minimum Gasteiger partial charge on any atom is -0.506 e. The van der Waals surface area contributed by atoms with Crippen LogP contribution in [0.25, 0.3) is 27.7 Å². The van der Waals surface area contributed by atoms with Crippen molar-refractivity contribution in [2.45, 2.75) is 19.3 Å². The van der Waals surface area contributed by atoms with Gasteiger partial charge in [-0.1, -0.05) is 60.2 Å². The van der Waals surface area contributed by atoms with Gasteiger partial charge in [-0.2, -0.15) is 0 Å². The lowest BCUT2D eigenvalue weighted by Gasteiger charge is -2.28. The fraction of sp³-hybridized carbons (Fsp3) is 0.192. The van der Waals surface area contributed by atoms with Crippen molar-refractivity contribution in [2.75, 3.05) is 11.2 Å². The summed E-state index contributed by atoms with van der Waals surface area (Å²) in [5.41, 5.74) is 3.39. The van der Waals surface area contributed by atoms with Gasteiger partial charge in [0, 0.05) is 27.7 Å². The van der Waals surface area contributed by atoms with Crippen LogP contribution in [0, 0.1) is 5.82 Å². The third-order valence-electron chi connectivity index (χ3n) is 5.74. The first-order valence-electron chi connectivity index (χ1n) is 10.5. The van der Waals surface area contributed by atoms with Gasteiger partial charge in [-0.15, -0.1) is 0 Å². The number of rotatable bonds is 7. The summed E-state index contributed by atoms with van der Waals surface area (Å²) in [6.45, 7) is 4.46. The van der Waals surface area contributed by atoms with E-state index in [9.17, 15) is 19.4 Å². The molecule has 0 aliphatic carbocycles. The number of ether oxygens (including phenoxy) is 1. The molecule has 1 aromatic heterocycles. The number of nitrogens with zero attached hydrogens (tertiary/aromatic N) is 1. The molecule has 0 amide bonds. The SMILES string of the molecule is CC(C)(COCI)c1c(-c2ccc(C(=O)O)cc2)c2c(Cl)c(O)ccc2n1-c1ccc(F)cc1. The number of carboxylic acid groups (broad SMARTS) is 1. The molecule has 3 aromatic carbocycles. The largest absolute Gasteiger partial charge is 0.506 e. The van der Waals surface area contributed by atoms with Crippen molar-refractivity contribution in [3.8, 4) is 22.6 Å². The van der Waals surface area contributed by atoms with Crippen molar-refractivity contribution in [1.29, 1.82) is 0 Å². The molecule has 5 nitrogen and oxygen atoms in total. The summed E-state index contributed by atoms with van der Waals surface area (Å²) in [6, 6.07) is 16.0. The van der Waals surface area contributed by atoms with E-state index >= 15 is 0 Å². The Morgan fingerprint density at radius 1 is 1.09 bits per heavy atom.